The lowest BCUT2D eigenvalue weighted by molar-refractivity contribution is 0.0378. The topological polar surface area (TPSA) is 52.1 Å². The zero-order chi connectivity index (χ0) is 18.0. The molecule has 4 nitrogen and oxygen atoms in total. The van der Waals surface area contributed by atoms with Gasteiger partial charge in [-0.15, -0.1) is 23.1 Å². The lowest BCUT2D eigenvalue weighted by atomic mass is 10.1. The number of carbonyl (C=O) groups is 1. The summed E-state index contributed by atoms with van der Waals surface area (Å²) in [5.74, 6) is 0.457. The molecular formula is C19H20N2O2S2. The molecule has 0 spiro atoms. The summed E-state index contributed by atoms with van der Waals surface area (Å²) in [6.45, 7) is 7.93. The van der Waals surface area contributed by atoms with Crippen LogP contribution in [-0.2, 0) is 10.5 Å². The second kappa shape index (κ2) is 7.54. The van der Waals surface area contributed by atoms with Crippen molar-refractivity contribution in [1.29, 1.82) is 0 Å². The van der Waals surface area contributed by atoms with Gasteiger partial charge in [0.05, 0.1) is 11.7 Å². The predicted molar refractivity (Wildman–Crippen MR) is 103 cm³/mol. The van der Waals surface area contributed by atoms with Gasteiger partial charge in [-0.3, -0.25) is 0 Å². The zero-order valence-electron chi connectivity index (χ0n) is 14.7. The van der Waals surface area contributed by atoms with Crippen molar-refractivity contribution >= 4 is 39.3 Å². The van der Waals surface area contributed by atoms with Crippen molar-refractivity contribution in [2.45, 2.75) is 44.6 Å². The van der Waals surface area contributed by atoms with Crippen LogP contribution in [0.25, 0.3) is 10.2 Å². The molecule has 0 saturated heterocycles. The molecule has 0 amide bonds. The van der Waals surface area contributed by atoms with Crippen LogP contribution < -0.4 is 0 Å². The summed E-state index contributed by atoms with van der Waals surface area (Å²) in [4.78, 5) is 23.2. The summed E-state index contributed by atoms with van der Waals surface area (Å²) in [6.07, 6.45) is 1.50. The van der Waals surface area contributed by atoms with Crippen LogP contribution in [0.2, 0.25) is 0 Å². The quantitative estimate of drug-likeness (QED) is 0.351. The van der Waals surface area contributed by atoms with Gasteiger partial charge >= 0.3 is 5.97 Å². The van der Waals surface area contributed by atoms with E-state index in [2.05, 4.69) is 23.8 Å². The number of ether oxygens (including phenoxy) is 1. The van der Waals surface area contributed by atoms with Gasteiger partial charge in [0, 0.05) is 16.0 Å². The van der Waals surface area contributed by atoms with Crippen molar-refractivity contribution in [1.82, 2.24) is 9.97 Å². The molecule has 3 aromatic rings. The van der Waals surface area contributed by atoms with Crippen molar-refractivity contribution < 1.29 is 9.53 Å². The number of esters is 1. The van der Waals surface area contributed by atoms with Crippen LogP contribution in [0.4, 0.5) is 0 Å². The van der Waals surface area contributed by atoms with Crippen LogP contribution in [-0.4, -0.2) is 22.0 Å². The molecule has 2 heterocycles. The summed E-state index contributed by atoms with van der Waals surface area (Å²) in [5, 5.41) is 2.13. The Labute approximate surface area is 155 Å². The van der Waals surface area contributed by atoms with Gasteiger partial charge in [0.15, 0.2) is 0 Å². The first-order chi connectivity index (χ1) is 12.0. The molecule has 0 unspecified atom stereocenters. The van der Waals surface area contributed by atoms with Crippen molar-refractivity contribution in [2.24, 2.45) is 0 Å². The number of rotatable bonds is 5. The molecule has 0 N–H and O–H groups in total. The van der Waals surface area contributed by atoms with Crippen LogP contribution in [0.15, 0.2) is 35.6 Å². The van der Waals surface area contributed by atoms with Gasteiger partial charge in [0.2, 0.25) is 0 Å². The Balaban J connectivity index is 1.80. The molecule has 0 aliphatic rings. The molecule has 0 radical (unpaired) electrons. The third-order valence-corrected chi connectivity index (χ3v) is 5.99. The fraction of sp³-hybridized carbons (Fsp3) is 0.316. The van der Waals surface area contributed by atoms with Gasteiger partial charge in [-0.25, -0.2) is 14.8 Å². The molecule has 0 aliphatic heterocycles. The van der Waals surface area contributed by atoms with Crippen molar-refractivity contribution in [2.75, 3.05) is 0 Å². The largest absolute Gasteiger partial charge is 0.459 e. The van der Waals surface area contributed by atoms with Crippen LogP contribution >= 0.6 is 23.1 Å². The highest BCUT2D eigenvalue weighted by Crippen LogP contribution is 2.35. The molecule has 3 rings (SSSR count). The second-order valence-corrected chi connectivity index (χ2v) is 8.25. The second-order valence-electron chi connectivity index (χ2n) is 6.09. The average molecular weight is 373 g/mol. The Morgan fingerprint density at radius 3 is 2.84 bits per heavy atom. The molecule has 0 bridgehead atoms. The van der Waals surface area contributed by atoms with Crippen molar-refractivity contribution in [3.8, 4) is 0 Å². The Morgan fingerprint density at radius 1 is 1.28 bits per heavy atom. The Bertz CT molecular complexity index is 919. The van der Waals surface area contributed by atoms with E-state index >= 15 is 0 Å². The molecule has 0 saturated carbocycles. The summed E-state index contributed by atoms with van der Waals surface area (Å²) in [6, 6.07) is 7.58. The van der Waals surface area contributed by atoms with Crippen LogP contribution in [0.3, 0.4) is 0 Å². The number of carbonyl (C=O) groups excluding carboxylic acids is 1. The Hall–Kier alpha value is -1.92. The third kappa shape index (κ3) is 4.02. The van der Waals surface area contributed by atoms with E-state index in [1.165, 1.54) is 10.4 Å². The minimum absolute atomic E-state index is 0.121. The van der Waals surface area contributed by atoms with Gasteiger partial charge in [-0.1, -0.05) is 12.1 Å². The summed E-state index contributed by atoms with van der Waals surface area (Å²) >= 11 is 3.37. The van der Waals surface area contributed by atoms with E-state index in [0.29, 0.717) is 5.56 Å². The maximum Gasteiger partial charge on any atom is 0.338 e. The summed E-state index contributed by atoms with van der Waals surface area (Å²) in [7, 11) is 0. The minimum atomic E-state index is -0.282. The number of benzene rings is 1. The first-order valence-electron chi connectivity index (χ1n) is 8.09. The molecule has 0 aliphatic carbocycles. The molecule has 25 heavy (non-hydrogen) atoms. The standard InChI is InChI=1S/C19H20N2O2S2/c1-11(2)23-19(22)15-7-5-6-14(8-15)9-24-17-16-12(3)13(4)25-18(16)21-10-20-17/h5-8,10-11H,9H2,1-4H3. The number of fused-ring (bicyclic) bond motifs is 1. The van der Waals surface area contributed by atoms with Crippen molar-refractivity contribution in [3.05, 3.63) is 52.2 Å². The first kappa shape index (κ1) is 17.9. The number of hydrogen-bond donors (Lipinski definition) is 0. The normalized spacial score (nSPS) is 11.2. The fourth-order valence-electron chi connectivity index (χ4n) is 2.48. The van der Waals surface area contributed by atoms with Gasteiger partial charge < -0.3 is 4.74 Å². The molecule has 0 fully saturated rings. The summed E-state index contributed by atoms with van der Waals surface area (Å²) in [5.41, 5.74) is 2.90. The number of aromatic nitrogens is 2. The van der Waals surface area contributed by atoms with Gasteiger partial charge in [0.25, 0.3) is 0 Å². The highest BCUT2D eigenvalue weighted by Gasteiger charge is 2.13. The highest BCUT2D eigenvalue weighted by atomic mass is 32.2. The third-order valence-electron chi connectivity index (χ3n) is 3.81. The first-order valence-corrected chi connectivity index (χ1v) is 9.89. The molecule has 1 aromatic carbocycles. The zero-order valence-corrected chi connectivity index (χ0v) is 16.3. The number of nitrogens with zero attached hydrogens (tertiary/aromatic N) is 2. The summed E-state index contributed by atoms with van der Waals surface area (Å²) < 4.78 is 5.27. The van der Waals surface area contributed by atoms with E-state index in [-0.39, 0.29) is 12.1 Å². The molecule has 6 heteroatoms. The SMILES string of the molecule is Cc1sc2ncnc(SCc3cccc(C(=O)OC(C)C)c3)c2c1C. The van der Waals surface area contributed by atoms with E-state index in [9.17, 15) is 4.79 Å². The lowest BCUT2D eigenvalue weighted by Crippen LogP contribution is -2.11. The monoisotopic (exact) mass is 372 g/mol. The van der Waals surface area contributed by atoms with Crippen LogP contribution in [0.5, 0.6) is 0 Å². The number of thiophene rings is 1. The maximum absolute atomic E-state index is 12.1. The van der Waals surface area contributed by atoms with Crippen LogP contribution in [0.1, 0.15) is 40.2 Å². The number of thioether (sulfide) groups is 1. The molecule has 130 valence electrons. The molecular weight excluding hydrogens is 352 g/mol. The van der Waals surface area contributed by atoms with E-state index in [0.717, 1.165) is 26.6 Å². The van der Waals surface area contributed by atoms with Crippen molar-refractivity contribution in [3.63, 3.8) is 0 Å². The lowest BCUT2D eigenvalue weighted by Gasteiger charge is -2.09. The Morgan fingerprint density at radius 2 is 2.08 bits per heavy atom. The average Bonchev–Trinajstić information content (AvgIpc) is 2.88. The van der Waals surface area contributed by atoms with E-state index in [1.807, 2.05) is 32.0 Å². The molecule has 0 atom stereocenters. The van der Waals surface area contributed by atoms with E-state index in [4.69, 9.17) is 4.74 Å². The van der Waals surface area contributed by atoms with Gasteiger partial charge in [0.1, 0.15) is 16.2 Å². The minimum Gasteiger partial charge on any atom is -0.459 e. The van der Waals surface area contributed by atoms with E-state index in [1.54, 1.807) is 35.5 Å². The van der Waals surface area contributed by atoms with Crippen LogP contribution in [0, 0.1) is 13.8 Å². The predicted octanol–water partition coefficient (Wildman–Crippen LogP) is 5.17. The smallest absolute Gasteiger partial charge is 0.338 e. The molecule has 2 aromatic heterocycles. The van der Waals surface area contributed by atoms with E-state index < -0.39 is 0 Å². The number of hydrogen-bond acceptors (Lipinski definition) is 6. The Kier molecular flexibility index (Phi) is 5.39. The highest BCUT2D eigenvalue weighted by molar-refractivity contribution is 7.98. The van der Waals surface area contributed by atoms with Gasteiger partial charge in [-0.05, 0) is 51.0 Å². The fourth-order valence-corrected chi connectivity index (χ4v) is 4.54. The van der Waals surface area contributed by atoms with Gasteiger partial charge in [-0.2, -0.15) is 0 Å². The number of aryl methyl sites for hydroxylation is 2. The maximum atomic E-state index is 12.1.